The van der Waals surface area contributed by atoms with Crippen LogP contribution in [0.1, 0.15) is 52.5 Å². The highest BCUT2D eigenvalue weighted by Gasteiger charge is 2.52. The molecule has 0 unspecified atom stereocenters. The van der Waals surface area contributed by atoms with E-state index in [2.05, 4.69) is 15.7 Å². The molecule has 0 bridgehead atoms. The zero-order chi connectivity index (χ0) is 31.0. The number of rotatable bonds is 12. The van der Waals surface area contributed by atoms with Gasteiger partial charge in [-0.15, -0.1) is 0 Å². The van der Waals surface area contributed by atoms with E-state index in [9.17, 15) is 27.6 Å². The monoisotopic (exact) mass is 595 g/mol. The Kier molecular flexibility index (Phi) is 11.0. The molecule has 2 N–H and O–H groups in total. The molecule has 13 heteroatoms. The Balaban J connectivity index is 1.94. The average molecular weight is 596 g/mol. The fraction of sp³-hybridized carbons (Fsp3) is 0.586. The summed E-state index contributed by atoms with van der Waals surface area (Å²) in [4.78, 5) is 41.4. The number of morpholine rings is 1. The molecule has 0 saturated carbocycles. The lowest BCUT2D eigenvalue weighted by molar-refractivity contribution is -0.137. The first-order valence-electron chi connectivity index (χ1n) is 14.1. The number of benzene rings is 1. The van der Waals surface area contributed by atoms with Gasteiger partial charge in [-0.2, -0.15) is 18.3 Å². The molecule has 1 saturated heterocycles. The summed E-state index contributed by atoms with van der Waals surface area (Å²) >= 11 is 0. The highest BCUT2D eigenvalue weighted by molar-refractivity contribution is 5.96. The number of alkyl carbamates (subject to hydrolysis) is 1. The van der Waals surface area contributed by atoms with Crippen LogP contribution >= 0.6 is 0 Å². The Bertz CT molecular complexity index is 1210. The van der Waals surface area contributed by atoms with Gasteiger partial charge >= 0.3 is 18.3 Å². The number of halogens is 3. The molecule has 3 amide bonds. The van der Waals surface area contributed by atoms with Crippen LogP contribution in [0.3, 0.4) is 0 Å². The van der Waals surface area contributed by atoms with Crippen molar-refractivity contribution in [3.63, 3.8) is 0 Å². The fourth-order valence-corrected chi connectivity index (χ4v) is 5.06. The minimum Gasteiger partial charge on any atom is -0.450 e. The maximum atomic E-state index is 14.1. The lowest BCUT2D eigenvalue weighted by Gasteiger charge is -2.45. The third-order valence-corrected chi connectivity index (χ3v) is 7.51. The maximum absolute atomic E-state index is 14.1. The third kappa shape index (κ3) is 8.02. The standard InChI is InChI=1S/C29H40F3N5O5/c1-5-12-27(3,4)28(34-26(40)42-16-6-2,24(38)19-33-25(39)36-14-17-41-18-15-36)20-37-13-11-23(35-37)21-7-9-22(10-8-21)29(30,31)32/h7-11,13H,5-6,12,14-20H2,1-4H3,(H,33,39)(H,34,40)/t28-/m0/s1. The Morgan fingerprint density at radius 1 is 1.02 bits per heavy atom. The summed E-state index contributed by atoms with van der Waals surface area (Å²) in [6.07, 6.45) is -1.82. The van der Waals surface area contributed by atoms with Gasteiger partial charge in [0.15, 0.2) is 5.78 Å². The minimum absolute atomic E-state index is 0.103. The van der Waals surface area contributed by atoms with Gasteiger partial charge in [-0.1, -0.05) is 46.2 Å². The molecular formula is C29H40F3N5O5. The smallest absolute Gasteiger partial charge is 0.416 e. The summed E-state index contributed by atoms with van der Waals surface area (Å²) in [5, 5.41) is 10.1. The Hall–Kier alpha value is -3.61. The van der Waals surface area contributed by atoms with Gasteiger partial charge in [0.05, 0.1) is 44.2 Å². The summed E-state index contributed by atoms with van der Waals surface area (Å²) in [5.41, 5.74) is -2.30. The van der Waals surface area contributed by atoms with Crippen LogP contribution in [0.15, 0.2) is 36.5 Å². The number of carbonyl (C=O) groups excluding carboxylic acids is 3. The molecule has 0 radical (unpaired) electrons. The SMILES string of the molecule is CCCOC(=O)N[C@@](Cn1ccc(-c2ccc(C(F)(F)F)cc2)n1)(C(=O)CNC(=O)N1CCOCC1)C(C)(C)CCC. The number of urea groups is 1. The minimum atomic E-state index is -4.46. The van der Waals surface area contributed by atoms with E-state index in [1.54, 1.807) is 17.2 Å². The first kappa shape index (κ1) is 32.9. The lowest BCUT2D eigenvalue weighted by atomic mass is 9.66. The van der Waals surface area contributed by atoms with Gasteiger partial charge < -0.3 is 25.0 Å². The lowest BCUT2D eigenvalue weighted by Crippen LogP contribution is -2.67. The summed E-state index contributed by atoms with van der Waals surface area (Å²) in [7, 11) is 0. The number of ketones is 1. The molecule has 10 nitrogen and oxygen atoms in total. The largest absolute Gasteiger partial charge is 0.450 e. The molecule has 232 valence electrons. The van der Waals surface area contributed by atoms with E-state index in [4.69, 9.17) is 9.47 Å². The van der Waals surface area contributed by atoms with Crippen LogP contribution in [0.2, 0.25) is 0 Å². The molecule has 2 aromatic rings. The number of aromatic nitrogens is 2. The van der Waals surface area contributed by atoms with Crippen LogP contribution in [-0.2, 0) is 27.0 Å². The van der Waals surface area contributed by atoms with Crippen molar-refractivity contribution in [1.29, 1.82) is 0 Å². The van der Waals surface area contributed by atoms with Gasteiger partial charge in [-0.05, 0) is 36.5 Å². The third-order valence-electron chi connectivity index (χ3n) is 7.51. The number of alkyl halides is 3. The normalized spacial score (nSPS) is 15.5. The molecule has 1 aliphatic heterocycles. The van der Waals surface area contributed by atoms with Crippen molar-refractivity contribution in [1.82, 2.24) is 25.3 Å². The molecule has 3 rings (SSSR count). The van der Waals surface area contributed by atoms with E-state index in [0.717, 1.165) is 12.1 Å². The van der Waals surface area contributed by atoms with Crippen LogP contribution in [0.4, 0.5) is 22.8 Å². The zero-order valence-electron chi connectivity index (χ0n) is 24.6. The van der Waals surface area contributed by atoms with E-state index in [1.807, 2.05) is 27.7 Å². The Labute approximate surface area is 243 Å². The van der Waals surface area contributed by atoms with Crippen LogP contribution in [0, 0.1) is 5.41 Å². The van der Waals surface area contributed by atoms with E-state index in [0.29, 0.717) is 56.8 Å². The number of carbonyl (C=O) groups is 3. The van der Waals surface area contributed by atoms with Gasteiger partial charge in [-0.25, -0.2) is 9.59 Å². The second kappa shape index (κ2) is 14.0. The topological polar surface area (TPSA) is 115 Å². The number of ether oxygens (including phenoxy) is 2. The molecule has 1 aromatic carbocycles. The number of Topliss-reactive ketones (excluding diaryl/α,β-unsaturated/α-hetero) is 1. The molecule has 42 heavy (non-hydrogen) atoms. The van der Waals surface area contributed by atoms with E-state index >= 15 is 0 Å². The molecule has 1 fully saturated rings. The van der Waals surface area contributed by atoms with Crippen molar-refractivity contribution >= 4 is 17.9 Å². The van der Waals surface area contributed by atoms with Crippen molar-refractivity contribution in [3.8, 4) is 11.3 Å². The van der Waals surface area contributed by atoms with Crippen molar-refractivity contribution in [3.05, 3.63) is 42.1 Å². The van der Waals surface area contributed by atoms with Gasteiger partial charge in [0.1, 0.15) is 5.54 Å². The first-order valence-corrected chi connectivity index (χ1v) is 14.1. The molecule has 1 atom stereocenters. The van der Waals surface area contributed by atoms with Crippen molar-refractivity contribution in [2.24, 2.45) is 5.41 Å². The number of amides is 3. The van der Waals surface area contributed by atoms with Crippen LogP contribution < -0.4 is 10.6 Å². The van der Waals surface area contributed by atoms with E-state index in [-0.39, 0.29) is 19.7 Å². The Morgan fingerprint density at radius 3 is 2.29 bits per heavy atom. The highest BCUT2D eigenvalue weighted by Crippen LogP contribution is 2.38. The van der Waals surface area contributed by atoms with Gasteiger partial charge in [-0.3, -0.25) is 9.48 Å². The Morgan fingerprint density at radius 2 is 1.69 bits per heavy atom. The molecule has 2 heterocycles. The number of hydrogen-bond acceptors (Lipinski definition) is 6. The van der Waals surface area contributed by atoms with E-state index in [1.165, 1.54) is 16.8 Å². The first-order chi connectivity index (χ1) is 19.8. The van der Waals surface area contributed by atoms with Crippen LogP contribution in [0.25, 0.3) is 11.3 Å². The molecular weight excluding hydrogens is 555 g/mol. The second-order valence-corrected chi connectivity index (χ2v) is 11.0. The summed E-state index contributed by atoms with van der Waals surface area (Å²) < 4.78 is 51.2. The zero-order valence-corrected chi connectivity index (χ0v) is 24.6. The molecule has 0 spiro atoms. The maximum Gasteiger partial charge on any atom is 0.416 e. The second-order valence-electron chi connectivity index (χ2n) is 11.0. The van der Waals surface area contributed by atoms with Crippen molar-refractivity contribution in [2.75, 3.05) is 39.5 Å². The van der Waals surface area contributed by atoms with Crippen LogP contribution in [-0.4, -0.2) is 77.6 Å². The summed E-state index contributed by atoms with van der Waals surface area (Å²) in [6.45, 7) is 8.82. The van der Waals surface area contributed by atoms with Crippen molar-refractivity contribution < 1.29 is 37.0 Å². The quantitative estimate of drug-likeness (QED) is 0.362. The highest BCUT2D eigenvalue weighted by atomic mass is 19.4. The van der Waals surface area contributed by atoms with Gasteiger partial charge in [0.2, 0.25) is 0 Å². The molecule has 1 aliphatic rings. The molecule has 1 aromatic heterocycles. The van der Waals surface area contributed by atoms with Crippen LogP contribution in [0.5, 0.6) is 0 Å². The predicted molar refractivity (Wildman–Crippen MR) is 150 cm³/mol. The fourth-order valence-electron chi connectivity index (χ4n) is 5.06. The number of hydrogen-bond donors (Lipinski definition) is 2. The number of nitrogens with zero attached hydrogens (tertiary/aromatic N) is 3. The van der Waals surface area contributed by atoms with E-state index < -0.39 is 40.6 Å². The predicted octanol–water partition coefficient (Wildman–Crippen LogP) is 4.88. The average Bonchev–Trinajstić information content (AvgIpc) is 3.42. The van der Waals surface area contributed by atoms with Crippen molar-refractivity contribution in [2.45, 2.75) is 65.2 Å². The summed E-state index contributed by atoms with van der Waals surface area (Å²) in [5.74, 6) is -0.442. The van der Waals surface area contributed by atoms with Gasteiger partial charge in [0, 0.05) is 24.8 Å². The number of nitrogens with one attached hydrogen (secondary N) is 2. The molecule has 0 aliphatic carbocycles. The summed E-state index contributed by atoms with van der Waals surface area (Å²) in [6, 6.07) is 5.84. The van der Waals surface area contributed by atoms with Gasteiger partial charge in [0.25, 0.3) is 0 Å².